The number of nitrogens with one attached hydrogen (secondary N) is 1. The van der Waals surface area contributed by atoms with Gasteiger partial charge in [0.1, 0.15) is 10.5 Å². The number of alkyl carbamates (subject to hydrolysis) is 1. The highest BCUT2D eigenvalue weighted by Gasteiger charge is 2.30. The third kappa shape index (κ3) is 5.49. The summed E-state index contributed by atoms with van der Waals surface area (Å²) in [7, 11) is 0. The van der Waals surface area contributed by atoms with Crippen LogP contribution in [0.5, 0.6) is 0 Å². The van der Waals surface area contributed by atoms with E-state index >= 15 is 0 Å². The molecule has 0 unspecified atom stereocenters. The number of rotatable bonds is 6. The molecule has 128 valence electrons. The van der Waals surface area contributed by atoms with E-state index in [4.69, 9.17) is 9.47 Å². The molecule has 1 aromatic heterocycles. The van der Waals surface area contributed by atoms with Crippen LogP contribution in [0.1, 0.15) is 66.8 Å². The highest BCUT2D eigenvalue weighted by atomic mass is 32.1. The third-order valence-electron chi connectivity index (χ3n) is 3.13. The lowest BCUT2D eigenvalue weighted by molar-refractivity contribution is 0.0523. The van der Waals surface area contributed by atoms with Crippen molar-refractivity contribution < 1.29 is 19.1 Å². The van der Waals surface area contributed by atoms with Gasteiger partial charge in [-0.2, -0.15) is 0 Å². The number of esters is 1. The van der Waals surface area contributed by atoms with Crippen LogP contribution in [-0.4, -0.2) is 35.8 Å². The predicted octanol–water partition coefficient (Wildman–Crippen LogP) is 3.26. The molecule has 1 N–H and O–H groups in total. The zero-order chi connectivity index (χ0) is 17.0. The van der Waals surface area contributed by atoms with Crippen LogP contribution in [0.2, 0.25) is 0 Å². The highest BCUT2D eigenvalue weighted by molar-refractivity contribution is 7.13. The minimum Gasteiger partial charge on any atom is -0.462 e. The van der Waals surface area contributed by atoms with Crippen molar-refractivity contribution >= 4 is 23.4 Å². The fourth-order valence-corrected chi connectivity index (χ4v) is 3.17. The maximum atomic E-state index is 12.0. The Hall–Kier alpha value is -1.63. The number of carbonyl (C=O) groups is 2. The van der Waals surface area contributed by atoms with E-state index < -0.39 is 11.7 Å². The Morgan fingerprint density at radius 2 is 2.04 bits per heavy atom. The van der Waals surface area contributed by atoms with E-state index in [-0.39, 0.29) is 5.97 Å². The summed E-state index contributed by atoms with van der Waals surface area (Å²) in [6, 6.07) is 0. The molecule has 0 saturated heterocycles. The molecule has 1 heterocycles. The van der Waals surface area contributed by atoms with E-state index in [1.807, 2.05) is 20.8 Å². The molecule has 0 aromatic carbocycles. The van der Waals surface area contributed by atoms with Gasteiger partial charge in [-0.3, -0.25) is 0 Å². The number of hydrogen-bond donors (Lipinski definition) is 1. The second-order valence-electron chi connectivity index (χ2n) is 6.50. The first kappa shape index (κ1) is 17.7. The number of aromatic nitrogens is 1. The van der Waals surface area contributed by atoms with Gasteiger partial charge in [0, 0.05) is 18.9 Å². The van der Waals surface area contributed by atoms with E-state index in [9.17, 15) is 9.59 Å². The van der Waals surface area contributed by atoms with Gasteiger partial charge in [0.15, 0.2) is 0 Å². The molecule has 1 saturated carbocycles. The Morgan fingerprint density at radius 3 is 2.61 bits per heavy atom. The minimum atomic E-state index is -0.528. The number of ether oxygens (including phenoxy) is 2. The van der Waals surface area contributed by atoms with Crippen molar-refractivity contribution in [3.05, 3.63) is 15.6 Å². The fraction of sp³-hybridized carbons (Fsp3) is 0.688. The summed E-state index contributed by atoms with van der Waals surface area (Å²) in [5.74, 6) is 0.157. The Morgan fingerprint density at radius 1 is 1.35 bits per heavy atom. The monoisotopic (exact) mass is 340 g/mol. The van der Waals surface area contributed by atoms with Gasteiger partial charge in [-0.1, -0.05) is 0 Å². The van der Waals surface area contributed by atoms with Crippen LogP contribution in [0.15, 0.2) is 0 Å². The summed E-state index contributed by atoms with van der Waals surface area (Å²) >= 11 is 1.42. The molecule has 1 amide bonds. The Kier molecular flexibility index (Phi) is 5.62. The summed E-state index contributed by atoms with van der Waals surface area (Å²) < 4.78 is 10.3. The van der Waals surface area contributed by atoms with Gasteiger partial charge in [-0.25, -0.2) is 14.6 Å². The molecule has 0 spiro atoms. The molecule has 2 rings (SSSR count). The van der Waals surface area contributed by atoms with Crippen molar-refractivity contribution in [1.29, 1.82) is 0 Å². The van der Waals surface area contributed by atoms with Crippen molar-refractivity contribution in [1.82, 2.24) is 10.3 Å². The van der Waals surface area contributed by atoms with Crippen LogP contribution in [0, 0.1) is 0 Å². The van der Waals surface area contributed by atoms with Gasteiger partial charge in [0.2, 0.25) is 0 Å². The standard InChI is InChI=1S/C16H24N2O4S/c1-5-21-14(19)12-11(18-13(23-12)10-6-7-10)8-9-17-15(20)22-16(2,3)4/h10H,5-9H2,1-4H3,(H,17,20). The third-order valence-corrected chi connectivity index (χ3v) is 4.37. The molecule has 23 heavy (non-hydrogen) atoms. The van der Waals surface area contributed by atoms with E-state index in [1.165, 1.54) is 11.3 Å². The van der Waals surface area contributed by atoms with Crippen molar-refractivity contribution in [3.8, 4) is 0 Å². The molecule has 1 fully saturated rings. The minimum absolute atomic E-state index is 0.329. The van der Waals surface area contributed by atoms with Gasteiger partial charge in [0.25, 0.3) is 0 Å². The maximum Gasteiger partial charge on any atom is 0.407 e. The summed E-state index contributed by atoms with van der Waals surface area (Å²) in [6.45, 7) is 7.93. The first-order chi connectivity index (χ1) is 10.8. The van der Waals surface area contributed by atoms with E-state index in [0.717, 1.165) is 17.8 Å². The Labute approximate surface area is 140 Å². The molecular formula is C16H24N2O4S. The lowest BCUT2D eigenvalue weighted by Crippen LogP contribution is -2.33. The molecule has 7 heteroatoms. The van der Waals surface area contributed by atoms with E-state index in [0.29, 0.717) is 36.1 Å². The van der Waals surface area contributed by atoms with Gasteiger partial charge >= 0.3 is 12.1 Å². The van der Waals surface area contributed by atoms with Crippen LogP contribution in [0.4, 0.5) is 4.79 Å². The van der Waals surface area contributed by atoms with Crippen molar-refractivity contribution in [2.75, 3.05) is 13.2 Å². The molecule has 1 aromatic rings. The maximum absolute atomic E-state index is 12.0. The summed E-state index contributed by atoms with van der Waals surface area (Å²) in [6.07, 6.45) is 2.28. The van der Waals surface area contributed by atoms with Crippen LogP contribution in [0.3, 0.4) is 0 Å². The zero-order valence-corrected chi connectivity index (χ0v) is 14.9. The number of amides is 1. The van der Waals surface area contributed by atoms with Gasteiger partial charge < -0.3 is 14.8 Å². The van der Waals surface area contributed by atoms with Crippen LogP contribution < -0.4 is 5.32 Å². The SMILES string of the molecule is CCOC(=O)c1sc(C2CC2)nc1CCNC(=O)OC(C)(C)C. The molecule has 0 atom stereocenters. The average Bonchev–Trinajstić information content (AvgIpc) is 3.18. The number of thiazole rings is 1. The quantitative estimate of drug-likeness (QED) is 0.804. The molecule has 1 aliphatic rings. The second kappa shape index (κ2) is 7.29. The molecule has 6 nitrogen and oxygen atoms in total. The molecular weight excluding hydrogens is 316 g/mol. The Balaban J connectivity index is 1.95. The van der Waals surface area contributed by atoms with Crippen molar-refractivity contribution in [3.63, 3.8) is 0 Å². The van der Waals surface area contributed by atoms with Crippen LogP contribution >= 0.6 is 11.3 Å². The van der Waals surface area contributed by atoms with E-state index in [2.05, 4.69) is 10.3 Å². The highest BCUT2D eigenvalue weighted by Crippen LogP contribution is 2.42. The normalized spacial score (nSPS) is 14.4. The number of nitrogens with zero attached hydrogens (tertiary/aromatic N) is 1. The topological polar surface area (TPSA) is 77.5 Å². The van der Waals surface area contributed by atoms with Crippen LogP contribution in [0.25, 0.3) is 0 Å². The second-order valence-corrected chi connectivity index (χ2v) is 7.53. The largest absolute Gasteiger partial charge is 0.462 e. The molecule has 0 radical (unpaired) electrons. The predicted molar refractivity (Wildman–Crippen MR) is 88.0 cm³/mol. The smallest absolute Gasteiger partial charge is 0.407 e. The fourth-order valence-electron chi connectivity index (χ4n) is 2.00. The van der Waals surface area contributed by atoms with Crippen LogP contribution in [-0.2, 0) is 15.9 Å². The zero-order valence-electron chi connectivity index (χ0n) is 14.1. The lowest BCUT2D eigenvalue weighted by Gasteiger charge is -2.19. The lowest BCUT2D eigenvalue weighted by atomic mass is 10.2. The summed E-state index contributed by atoms with van der Waals surface area (Å²) in [5, 5.41) is 3.69. The van der Waals surface area contributed by atoms with E-state index in [1.54, 1.807) is 6.92 Å². The van der Waals surface area contributed by atoms with Gasteiger partial charge in [-0.05, 0) is 40.5 Å². The molecule has 1 aliphatic carbocycles. The van der Waals surface area contributed by atoms with Gasteiger partial charge in [-0.15, -0.1) is 11.3 Å². The Bertz CT molecular complexity index is 573. The van der Waals surface area contributed by atoms with Crippen molar-refractivity contribution in [2.45, 2.75) is 58.5 Å². The summed E-state index contributed by atoms with van der Waals surface area (Å²) in [5.41, 5.74) is 0.173. The average molecular weight is 340 g/mol. The number of carbonyl (C=O) groups excluding carboxylic acids is 2. The number of hydrogen-bond acceptors (Lipinski definition) is 6. The molecule has 0 bridgehead atoms. The summed E-state index contributed by atoms with van der Waals surface area (Å²) in [4.78, 5) is 28.8. The van der Waals surface area contributed by atoms with Crippen molar-refractivity contribution in [2.24, 2.45) is 0 Å². The van der Waals surface area contributed by atoms with Gasteiger partial charge in [0.05, 0.1) is 17.3 Å². The first-order valence-electron chi connectivity index (χ1n) is 7.93. The molecule has 0 aliphatic heterocycles. The first-order valence-corrected chi connectivity index (χ1v) is 8.75.